The molecule has 2 N–H and O–H groups in total. The highest BCUT2D eigenvalue weighted by atomic mass is 35.5. The average molecular weight is 289 g/mol. The number of amides is 1. The van der Waals surface area contributed by atoms with E-state index in [-0.39, 0.29) is 12.5 Å². The topological polar surface area (TPSA) is 41.1 Å². The molecule has 0 aromatic heterocycles. The summed E-state index contributed by atoms with van der Waals surface area (Å²) in [5, 5.41) is 6.58. The molecule has 0 unspecified atom stereocenters. The number of benzene rings is 2. The number of hydrogen-bond acceptors (Lipinski definition) is 2. The first kappa shape index (κ1) is 14.4. The smallest absolute Gasteiger partial charge is 0.239 e. The van der Waals surface area contributed by atoms with Gasteiger partial charge in [-0.25, -0.2) is 0 Å². The molecule has 0 fully saturated rings. The molecular weight excluding hydrogens is 272 g/mol. The molecule has 1 amide bonds. The van der Waals surface area contributed by atoms with E-state index in [9.17, 15) is 4.79 Å². The number of carbonyl (C=O) groups excluding carboxylic acids is 1. The van der Waals surface area contributed by atoms with Crippen molar-refractivity contribution < 1.29 is 4.79 Å². The summed E-state index contributed by atoms with van der Waals surface area (Å²) in [5.74, 6) is -0.0479. The molecule has 0 aliphatic heterocycles. The van der Waals surface area contributed by atoms with E-state index < -0.39 is 0 Å². The Bertz CT molecular complexity index is 599. The zero-order valence-corrected chi connectivity index (χ0v) is 12.1. The average Bonchev–Trinajstić information content (AvgIpc) is 2.44. The van der Waals surface area contributed by atoms with Crippen LogP contribution in [0.1, 0.15) is 11.1 Å². The number of halogens is 1. The quantitative estimate of drug-likeness (QED) is 0.885. The summed E-state index contributed by atoms with van der Waals surface area (Å²) < 4.78 is 0. The van der Waals surface area contributed by atoms with Gasteiger partial charge in [0.05, 0.1) is 6.54 Å². The lowest BCUT2D eigenvalue weighted by Crippen LogP contribution is -2.29. The maximum absolute atomic E-state index is 11.8. The van der Waals surface area contributed by atoms with Crippen molar-refractivity contribution in [1.82, 2.24) is 5.32 Å². The Morgan fingerprint density at radius 2 is 1.95 bits per heavy atom. The van der Waals surface area contributed by atoms with Crippen molar-refractivity contribution in [3.05, 3.63) is 64.7 Å². The Balaban J connectivity index is 1.80. The van der Waals surface area contributed by atoms with Crippen molar-refractivity contribution in [1.29, 1.82) is 0 Å². The van der Waals surface area contributed by atoms with Crippen molar-refractivity contribution in [2.24, 2.45) is 0 Å². The SMILES string of the molecule is Cc1ccccc1CNC(=O)CNc1cccc(Cl)c1. The lowest BCUT2D eigenvalue weighted by atomic mass is 10.1. The lowest BCUT2D eigenvalue weighted by Gasteiger charge is -2.09. The van der Waals surface area contributed by atoms with E-state index in [0.29, 0.717) is 11.6 Å². The largest absolute Gasteiger partial charge is 0.376 e. The fourth-order valence-corrected chi connectivity index (χ4v) is 2.04. The van der Waals surface area contributed by atoms with Gasteiger partial charge in [-0.1, -0.05) is 41.9 Å². The van der Waals surface area contributed by atoms with Crippen LogP contribution in [0.4, 0.5) is 5.69 Å². The first-order valence-electron chi connectivity index (χ1n) is 6.46. The lowest BCUT2D eigenvalue weighted by molar-refractivity contribution is -0.119. The van der Waals surface area contributed by atoms with Crippen LogP contribution in [0.5, 0.6) is 0 Å². The third kappa shape index (κ3) is 4.28. The Labute approximate surface area is 124 Å². The van der Waals surface area contributed by atoms with E-state index >= 15 is 0 Å². The highest BCUT2D eigenvalue weighted by Crippen LogP contribution is 2.14. The van der Waals surface area contributed by atoms with E-state index in [0.717, 1.165) is 11.3 Å². The van der Waals surface area contributed by atoms with Gasteiger partial charge in [0.2, 0.25) is 5.91 Å². The molecule has 0 saturated heterocycles. The van der Waals surface area contributed by atoms with Crippen LogP contribution >= 0.6 is 11.6 Å². The minimum Gasteiger partial charge on any atom is -0.376 e. The third-order valence-corrected chi connectivity index (χ3v) is 3.25. The van der Waals surface area contributed by atoms with Crippen LogP contribution in [0.25, 0.3) is 0 Å². The first-order valence-corrected chi connectivity index (χ1v) is 6.83. The molecule has 0 radical (unpaired) electrons. The minimum atomic E-state index is -0.0479. The summed E-state index contributed by atoms with van der Waals surface area (Å²) in [6, 6.07) is 15.3. The van der Waals surface area contributed by atoms with Gasteiger partial charge in [0.25, 0.3) is 0 Å². The van der Waals surface area contributed by atoms with Crippen molar-refractivity contribution >= 4 is 23.2 Å². The second-order valence-electron chi connectivity index (χ2n) is 4.57. The zero-order valence-electron chi connectivity index (χ0n) is 11.3. The van der Waals surface area contributed by atoms with Gasteiger partial charge in [-0.2, -0.15) is 0 Å². The predicted molar refractivity (Wildman–Crippen MR) is 83.0 cm³/mol. The Morgan fingerprint density at radius 3 is 2.70 bits per heavy atom. The molecule has 0 heterocycles. The molecule has 2 aromatic rings. The number of rotatable bonds is 5. The van der Waals surface area contributed by atoms with Crippen LogP contribution in [0.3, 0.4) is 0 Å². The fourth-order valence-electron chi connectivity index (χ4n) is 1.85. The zero-order chi connectivity index (χ0) is 14.4. The van der Waals surface area contributed by atoms with Crippen LogP contribution in [0.2, 0.25) is 5.02 Å². The van der Waals surface area contributed by atoms with E-state index in [2.05, 4.69) is 10.6 Å². The highest BCUT2D eigenvalue weighted by molar-refractivity contribution is 6.30. The number of aryl methyl sites for hydroxylation is 1. The molecule has 0 saturated carbocycles. The van der Waals surface area contributed by atoms with E-state index in [1.165, 1.54) is 5.56 Å². The Hall–Kier alpha value is -2.00. The number of anilines is 1. The Kier molecular flexibility index (Phi) is 5.02. The molecular formula is C16H17ClN2O. The van der Waals surface area contributed by atoms with Crippen molar-refractivity contribution in [2.75, 3.05) is 11.9 Å². The minimum absolute atomic E-state index is 0.0479. The van der Waals surface area contributed by atoms with Gasteiger partial charge in [0, 0.05) is 17.3 Å². The standard InChI is InChI=1S/C16H17ClN2O/c1-12-5-2-3-6-13(12)10-19-16(20)11-18-15-8-4-7-14(17)9-15/h2-9,18H,10-11H2,1H3,(H,19,20). The molecule has 4 heteroatoms. The van der Waals surface area contributed by atoms with Gasteiger partial charge in [0.1, 0.15) is 0 Å². The predicted octanol–water partition coefficient (Wildman–Crippen LogP) is 3.38. The maximum atomic E-state index is 11.8. The molecule has 0 aliphatic rings. The molecule has 2 aromatic carbocycles. The van der Waals surface area contributed by atoms with Crippen LogP contribution in [0, 0.1) is 6.92 Å². The van der Waals surface area contributed by atoms with Crippen molar-refractivity contribution in [3.63, 3.8) is 0 Å². The van der Waals surface area contributed by atoms with Gasteiger partial charge in [-0.3, -0.25) is 4.79 Å². The molecule has 104 valence electrons. The highest BCUT2D eigenvalue weighted by Gasteiger charge is 2.03. The van der Waals surface area contributed by atoms with Gasteiger partial charge >= 0.3 is 0 Å². The van der Waals surface area contributed by atoms with Crippen LogP contribution < -0.4 is 10.6 Å². The van der Waals surface area contributed by atoms with Crippen LogP contribution in [-0.4, -0.2) is 12.5 Å². The van der Waals surface area contributed by atoms with Crippen molar-refractivity contribution in [2.45, 2.75) is 13.5 Å². The first-order chi connectivity index (χ1) is 9.65. The summed E-state index contributed by atoms with van der Waals surface area (Å²) in [6.07, 6.45) is 0. The van der Waals surface area contributed by atoms with Gasteiger partial charge in [0.15, 0.2) is 0 Å². The number of carbonyl (C=O) groups is 1. The molecule has 2 rings (SSSR count). The van der Waals surface area contributed by atoms with E-state index in [4.69, 9.17) is 11.6 Å². The molecule has 0 aliphatic carbocycles. The Morgan fingerprint density at radius 1 is 1.15 bits per heavy atom. The van der Waals surface area contributed by atoms with Crippen molar-refractivity contribution in [3.8, 4) is 0 Å². The normalized spacial score (nSPS) is 10.1. The second kappa shape index (κ2) is 6.96. The van der Waals surface area contributed by atoms with Crippen LogP contribution in [0.15, 0.2) is 48.5 Å². The molecule has 0 bridgehead atoms. The molecule has 0 spiro atoms. The van der Waals surface area contributed by atoms with Gasteiger partial charge < -0.3 is 10.6 Å². The summed E-state index contributed by atoms with van der Waals surface area (Å²) in [6.45, 7) is 2.81. The van der Waals surface area contributed by atoms with E-state index in [1.807, 2.05) is 43.3 Å². The molecule has 3 nitrogen and oxygen atoms in total. The van der Waals surface area contributed by atoms with Crippen LogP contribution in [-0.2, 0) is 11.3 Å². The second-order valence-corrected chi connectivity index (χ2v) is 5.00. The fraction of sp³-hybridized carbons (Fsp3) is 0.188. The summed E-state index contributed by atoms with van der Waals surface area (Å²) in [7, 11) is 0. The molecule has 0 atom stereocenters. The van der Waals surface area contributed by atoms with E-state index in [1.54, 1.807) is 12.1 Å². The number of hydrogen-bond donors (Lipinski definition) is 2. The van der Waals surface area contributed by atoms with Gasteiger partial charge in [-0.05, 0) is 36.2 Å². The maximum Gasteiger partial charge on any atom is 0.239 e. The summed E-state index contributed by atoms with van der Waals surface area (Å²) in [5.41, 5.74) is 3.14. The molecule has 20 heavy (non-hydrogen) atoms. The third-order valence-electron chi connectivity index (χ3n) is 3.01. The number of nitrogens with one attached hydrogen (secondary N) is 2. The monoisotopic (exact) mass is 288 g/mol. The summed E-state index contributed by atoms with van der Waals surface area (Å²) in [4.78, 5) is 11.8. The van der Waals surface area contributed by atoms with Gasteiger partial charge in [-0.15, -0.1) is 0 Å². The summed E-state index contributed by atoms with van der Waals surface area (Å²) >= 11 is 5.88.